The highest BCUT2D eigenvalue weighted by atomic mass is 32.2. The number of amides is 1. The van der Waals surface area contributed by atoms with Crippen LogP contribution < -0.4 is 5.32 Å². The standard InChI is InChI=1S/C20H23N3OS/c1-13-8-9-15-10-16(11-21)20(23-19(15)14(13)2)25-12-18(24)22-17-6-4-3-5-7-17/h8-10,17H,3-7,12H2,1-2H3,(H,22,24). The van der Waals surface area contributed by atoms with Crippen molar-refractivity contribution in [2.75, 3.05) is 5.75 Å². The second-order valence-electron chi connectivity index (χ2n) is 6.72. The van der Waals surface area contributed by atoms with E-state index in [-0.39, 0.29) is 5.91 Å². The molecule has 1 saturated carbocycles. The van der Waals surface area contributed by atoms with Crippen LogP contribution in [0.25, 0.3) is 10.9 Å². The maximum atomic E-state index is 12.2. The van der Waals surface area contributed by atoms with Crippen molar-refractivity contribution in [1.82, 2.24) is 10.3 Å². The van der Waals surface area contributed by atoms with Gasteiger partial charge in [-0.05, 0) is 43.9 Å². The van der Waals surface area contributed by atoms with Gasteiger partial charge in [0.05, 0.1) is 16.8 Å². The van der Waals surface area contributed by atoms with Gasteiger partial charge in [0.15, 0.2) is 0 Å². The van der Waals surface area contributed by atoms with Crippen molar-refractivity contribution >= 4 is 28.6 Å². The Bertz CT molecular complexity index is 835. The number of carbonyl (C=O) groups excluding carboxylic acids is 1. The number of rotatable bonds is 4. The number of hydrogen-bond acceptors (Lipinski definition) is 4. The van der Waals surface area contributed by atoms with Crippen molar-refractivity contribution in [3.63, 3.8) is 0 Å². The molecular formula is C20H23N3OS. The van der Waals surface area contributed by atoms with Gasteiger partial charge in [0.1, 0.15) is 11.1 Å². The number of nitrogens with one attached hydrogen (secondary N) is 1. The van der Waals surface area contributed by atoms with E-state index in [1.54, 1.807) is 0 Å². The molecule has 1 fully saturated rings. The number of carbonyl (C=O) groups is 1. The summed E-state index contributed by atoms with van der Waals surface area (Å²) in [4.78, 5) is 16.9. The summed E-state index contributed by atoms with van der Waals surface area (Å²) in [6, 6.07) is 8.44. The Hall–Kier alpha value is -2.06. The van der Waals surface area contributed by atoms with Crippen molar-refractivity contribution in [3.05, 3.63) is 34.9 Å². The third kappa shape index (κ3) is 4.13. The molecule has 0 atom stereocenters. The summed E-state index contributed by atoms with van der Waals surface area (Å²) >= 11 is 1.35. The summed E-state index contributed by atoms with van der Waals surface area (Å²) in [5.74, 6) is 0.331. The summed E-state index contributed by atoms with van der Waals surface area (Å²) in [6.45, 7) is 4.10. The first kappa shape index (κ1) is 17.8. The van der Waals surface area contributed by atoms with Gasteiger partial charge in [0.2, 0.25) is 5.91 Å². The fourth-order valence-corrected chi connectivity index (χ4v) is 4.07. The van der Waals surface area contributed by atoms with E-state index in [1.165, 1.54) is 36.6 Å². The maximum Gasteiger partial charge on any atom is 0.230 e. The molecule has 1 aromatic carbocycles. The van der Waals surface area contributed by atoms with E-state index in [9.17, 15) is 10.1 Å². The van der Waals surface area contributed by atoms with E-state index < -0.39 is 0 Å². The van der Waals surface area contributed by atoms with Crippen LogP contribution in [0.15, 0.2) is 23.2 Å². The minimum atomic E-state index is 0.0312. The van der Waals surface area contributed by atoms with Crippen LogP contribution >= 0.6 is 11.8 Å². The number of hydrogen-bond donors (Lipinski definition) is 1. The van der Waals surface area contributed by atoms with Gasteiger partial charge in [-0.25, -0.2) is 4.98 Å². The average molecular weight is 353 g/mol. The van der Waals surface area contributed by atoms with E-state index in [0.717, 1.165) is 29.3 Å². The molecule has 1 aromatic heterocycles. The van der Waals surface area contributed by atoms with Crippen molar-refractivity contribution in [2.24, 2.45) is 0 Å². The third-order valence-electron chi connectivity index (χ3n) is 4.91. The highest BCUT2D eigenvalue weighted by molar-refractivity contribution is 8.00. The number of fused-ring (bicyclic) bond motifs is 1. The van der Waals surface area contributed by atoms with Gasteiger partial charge in [-0.3, -0.25) is 4.79 Å². The van der Waals surface area contributed by atoms with Gasteiger partial charge in [0.25, 0.3) is 0 Å². The zero-order valence-electron chi connectivity index (χ0n) is 14.8. The van der Waals surface area contributed by atoms with Gasteiger partial charge < -0.3 is 5.32 Å². The Morgan fingerprint density at radius 3 is 2.80 bits per heavy atom. The first-order chi connectivity index (χ1) is 12.1. The molecule has 0 aliphatic heterocycles. The minimum absolute atomic E-state index is 0.0312. The number of benzene rings is 1. The Balaban J connectivity index is 1.74. The lowest BCUT2D eigenvalue weighted by atomic mass is 9.95. The number of aryl methyl sites for hydroxylation is 2. The molecule has 1 heterocycles. The Morgan fingerprint density at radius 1 is 1.32 bits per heavy atom. The van der Waals surface area contributed by atoms with Gasteiger partial charge in [0, 0.05) is 11.4 Å². The van der Waals surface area contributed by atoms with E-state index in [0.29, 0.717) is 22.4 Å². The zero-order chi connectivity index (χ0) is 17.8. The van der Waals surface area contributed by atoms with Gasteiger partial charge >= 0.3 is 0 Å². The van der Waals surface area contributed by atoms with Crippen LogP contribution in [0.5, 0.6) is 0 Å². The molecule has 2 aromatic rings. The molecule has 0 radical (unpaired) electrons. The number of thioether (sulfide) groups is 1. The van der Waals surface area contributed by atoms with Crippen LogP contribution in [0.1, 0.15) is 48.8 Å². The van der Waals surface area contributed by atoms with Crippen molar-refractivity contribution in [2.45, 2.75) is 57.0 Å². The fraction of sp³-hybridized carbons (Fsp3) is 0.450. The summed E-state index contributed by atoms with van der Waals surface area (Å²) in [5, 5.41) is 14.1. The predicted octanol–water partition coefficient (Wildman–Crippen LogP) is 4.26. The molecule has 1 aliphatic rings. The molecule has 1 N–H and O–H groups in total. The molecule has 1 amide bonds. The molecule has 130 valence electrons. The number of aromatic nitrogens is 1. The molecule has 0 unspecified atom stereocenters. The van der Waals surface area contributed by atoms with Gasteiger partial charge in [-0.1, -0.05) is 43.2 Å². The van der Waals surface area contributed by atoms with Gasteiger partial charge in [-0.15, -0.1) is 0 Å². The second-order valence-corrected chi connectivity index (χ2v) is 7.69. The topological polar surface area (TPSA) is 65.8 Å². The summed E-state index contributed by atoms with van der Waals surface area (Å²) in [6.07, 6.45) is 5.81. The quantitative estimate of drug-likeness (QED) is 0.834. The Morgan fingerprint density at radius 2 is 2.08 bits per heavy atom. The van der Waals surface area contributed by atoms with Crippen molar-refractivity contribution in [3.8, 4) is 6.07 Å². The van der Waals surface area contributed by atoms with Crippen LogP contribution in [0.4, 0.5) is 0 Å². The molecular weight excluding hydrogens is 330 g/mol. The zero-order valence-corrected chi connectivity index (χ0v) is 15.6. The SMILES string of the molecule is Cc1ccc2cc(C#N)c(SCC(=O)NC3CCCCC3)nc2c1C. The van der Waals surface area contributed by atoms with Crippen LogP contribution in [0.2, 0.25) is 0 Å². The molecule has 3 rings (SSSR count). The maximum absolute atomic E-state index is 12.2. The van der Waals surface area contributed by atoms with Crippen LogP contribution in [-0.4, -0.2) is 22.7 Å². The lowest BCUT2D eigenvalue weighted by molar-refractivity contribution is -0.119. The first-order valence-electron chi connectivity index (χ1n) is 8.81. The summed E-state index contributed by atoms with van der Waals surface area (Å²) in [7, 11) is 0. The van der Waals surface area contributed by atoms with Crippen molar-refractivity contribution < 1.29 is 4.79 Å². The fourth-order valence-electron chi connectivity index (χ4n) is 3.31. The smallest absolute Gasteiger partial charge is 0.230 e. The van der Waals surface area contributed by atoms with Gasteiger partial charge in [-0.2, -0.15) is 5.26 Å². The minimum Gasteiger partial charge on any atom is -0.353 e. The van der Waals surface area contributed by atoms with Crippen molar-refractivity contribution in [1.29, 1.82) is 5.26 Å². The van der Waals surface area contributed by atoms with Crippen LogP contribution in [-0.2, 0) is 4.79 Å². The van der Waals surface area contributed by atoms with Crippen LogP contribution in [0, 0.1) is 25.2 Å². The first-order valence-corrected chi connectivity index (χ1v) is 9.80. The van der Waals surface area contributed by atoms with E-state index in [2.05, 4.69) is 23.3 Å². The predicted molar refractivity (Wildman–Crippen MR) is 102 cm³/mol. The Labute approximate surface area is 153 Å². The highest BCUT2D eigenvalue weighted by Crippen LogP contribution is 2.27. The molecule has 0 spiro atoms. The normalized spacial score (nSPS) is 15.1. The van der Waals surface area contributed by atoms with E-state index in [4.69, 9.17) is 0 Å². The number of nitriles is 1. The lowest BCUT2D eigenvalue weighted by Gasteiger charge is -2.22. The molecule has 1 aliphatic carbocycles. The van der Waals surface area contributed by atoms with Crippen LogP contribution in [0.3, 0.4) is 0 Å². The number of nitrogens with zero attached hydrogens (tertiary/aromatic N) is 2. The molecule has 5 heteroatoms. The lowest BCUT2D eigenvalue weighted by Crippen LogP contribution is -2.37. The second kappa shape index (κ2) is 7.88. The molecule has 4 nitrogen and oxygen atoms in total. The molecule has 0 bridgehead atoms. The Kier molecular flexibility index (Phi) is 5.60. The average Bonchev–Trinajstić information content (AvgIpc) is 2.63. The van der Waals surface area contributed by atoms with E-state index >= 15 is 0 Å². The third-order valence-corrected chi connectivity index (χ3v) is 5.90. The van der Waals surface area contributed by atoms with E-state index in [1.807, 2.05) is 25.1 Å². The largest absolute Gasteiger partial charge is 0.353 e. The number of pyridine rings is 1. The monoisotopic (exact) mass is 353 g/mol. The highest BCUT2D eigenvalue weighted by Gasteiger charge is 2.17. The summed E-state index contributed by atoms with van der Waals surface area (Å²) < 4.78 is 0. The molecule has 0 saturated heterocycles. The summed E-state index contributed by atoms with van der Waals surface area (Å²) in [5.41, 5.74) is 3.74. The molecule has 25 heavy (non-hydrogen) atoms.